The van der Waals surface area contributed by atoms with E-state index in [4.69, 9.17) is 4.52 Å². The molecule has 6 heteroatoms. The number of carbonyl (C=O) groups excluding carboxylic acids is 1. The molecule has 6 nitrogen and oxygen atoms in total. The Morgan fingerprint density at radius 3 is 2.92 bits per heavy atom. The predicted molar refractivity (Wildman–Crippen MR) is 93.2 cm³/mol. The second kappa shape index (κ2) is 7.35. The molecule has 0 saturated carbocycles. The Morgan fingerprint density at radius 1 is 1.12 bits per heavy atom. The molecule has 1 saturated heterocycles. The highest BCUT2D eigenvalue weighted by molar-refractivity contribution is 5.93. The first-order valence-electron chi connectivity index (χ1n) is 9.19. The molecule has 0 radical (unpaired) electrons. The van der Waals surface area contributed by atoms with Gasteiger partial charge in [0.05, 0.1) is 5.69 Å². The molecule has 0 atom stereocenters. The fraction of sp³-hybridized carbons (Fsp3) is 0.526. The topological polar surface area (TPSA) is 62.5 Å². The molecule has 1 aliphatic carbocycles. The summed E-state index contributed by atoms with van der Waals surface area (Å²) in [5, 5.41) is 4.13. The second-order valence-electron chi connectivity index (χ2n) is 6.93. The largest absolute Gasteiger partial charge is 0.350 e. The average Bonchev–Trinajstić information content (AvgIpc) is 2.95. The van der Waals surface area contributed by atoms with Gasteiger partial charge in [0.15, 0.2) is 0 Å². The van der Waals surface area contributed by atoms with E-state index >= 15 is 0 Å². The first kappa shape index (κ1) is 16.3. The summed E-state index contributed by atoms with van der Waals surface area (Å²) >= 11 is 0. The van der Waals surface area contributed by atoms with Crippen LogP contribution >= 0.6 is 0 Å². The Labute approximate surface area is 147 Å². The van der Waals surface area contributed by atoms with Crippen molar-refractivity contribution in [3.05, 3.63) is 47.1 Å². The van der Waals surface area contributed by atoms with Gasteiger partial charge in [-0.2, -0.15) is 0 Å². The smallest absolute Gasteiger partial charge is 0.292 e. The van der Waals surface area contributed by atoms with E-state index in [1.807, 2.05) is 17.2 Å². The Hall–Kier alpha value is -2.21. The minimum atomic E-state index is 0.0128. The lowest BCUT2D eigenvalue weighted by molar-refractivity contribution is 0.0717. The summed E-state index contributed by atoms with van der Waals surface area (Å²) in [4.78, 5) is 21.4. The van der Waals surface area contributed by atoms with Crippen LogP contribution < -0.4 is 0 Å². The van der Waals surface area contributed by atoms with Crippen molar-refractivity contribution < 1.29 is 9.32 Å². The van der Waals surface area contributed by atoms with Crippen molar-refractivity contribution in [3.8, 4) is 0 Å². The summed E-state index contributed by atoms with van der Waals surface area (Å²) in [6, 6.07) is 4.07. The lowest BCUT2D eigenvalue weighted by atomic mass is 9.96. The number of hydrogen-bond acceptors (Lipinski definition) is 5. The summed E-state index contributed by atoms with van der Waals surface area (Å²) in [6.45, 7) is 4.25. The minimum Gasteiger partial charge on any atom is -0.350 e. The molecule has 2 aromatic heterocycles. The normalized spacial score (nSPS) is 18.6. The van der Waals surface area contributed by atoms with E-state index in [0.29, 0.717) is 5.76 Å². The molecule has 4 rings (SSSR count). The summed E-state index contributed by atoms with van der Waals surface area (Å²) < 4.78 is 5.43. The summed E-state index contributed by atoms with van der Waals surface area (Å²) in [5.41, 5.74) is 3.25. The van der Waals surface area contributed by atoms with Crippen molar-refractivity contribution in [1.82, 2.24) is 19.9 Å². The molecule has 0 N–H and O–H groups in total. The van der Waals surface area contributed by atoms with Gasteiger partial charge in [0, 0.05) is 50.7 Å². The van der Waals surface area contributed by atoms with E-state index in [1.54, 1.807) is 6.20 Å². The highest BCUT2D eigenvalue weighted by atomic mass is 16.5. The van der Waals surface area contributed by atoms with Gasteiger partial charge < -0.3 is 9.42 Å². The third-order valence-electron chi connectivity index (χ3n) is 5.16. The highest BCUT2D eigenvalue weighted by Crippen LogP contribution is 2.25. The molecule has 0 unspecified atom stereocenters. The standard InChI is InChI=1S/C19H24N4O2/c24-19(18-16-6-1-2-7-17(16)21-25-18)23-10-4-9-22(11-12-23)14-15-5-3-8-20-13-15/h3,5,8,13H,1-2,4,6-7,9-12,14H2. The molecule has 0 spiro atoms. The fourth-order valence-corrected chi connectivity index (χ4v) is 3.78. The maximum Gasteiger partial charge on any atom is 0.292 e. The number of amides is 1. The fourth-order valence-electron chi connectivity index (χ4n) is 3.78. The third kappa shape index (κ3) is 3.58. The Balaban J connectivity index is 1.40. The van der Waals surface area contributed by atoms with E-state index in [-0.39, 0.29) is 5.91 Å². The molecule has 3 heterocycles. The van der Waals surface area contributed by atoms with Crippen molar-refractivity contribution in [2.45, 2.75) is 38.6 Å². The van der Waals surface area contributed by atoms with Gasteiger partial charge in [-0.25, -0.2) is 0 Å². The molecule has 132 valence electrons. The summed E-state index contributed by atoms with van der Waals surface area (Å²) in [7, 11) is 0. The van der Waals surface area contributed by atoms with Crippen LogP contribution in [0.4, 0.5) is 0 Å². The maximum absolute atomic E-state index is 12.9. The van der Waals surface area contributed by atoms with Crippen LogP contribution in [0.25, 0.3) is 0 Å². The summed E-state index contributed by atoms with van der Waals surface area (Å²) in [6.07, 6.45) is 8.79. The SMILES string of the molecule is O=C(c1onc2c1CCCC2)N1CCCN(Cc2cccnc2)CC1. The Bertz CT molecular complexity index is 728. The number of aromatic nitrogens is 2. The molecule has 0 bridgehead atoms. The van der Waals surface area contributed by atoms with Gasteiger partial charge in [0.2, 0.25) is 5.76 Å². The third-order valence-corrected chi connectivity index (χ3v) is 5.16. The van der Waals surface area contributed by atoms with Crippen LogP contribution in [0.2, 0.25) is 0 Å². The van der Waals surface area contributed by atoms with Gasteiger partial charge in [-0.3, -0.25) is 14.7 Å². The van der Waals surface area contributed by atoms with E-state index in [2.05, 4.69) is 21.1 Å². The predicted octanol–water partition coefficient (Wildman–Crippen LogP) is 2.30. The quantitative estimate of drug-likeness (QED) is 0.858. The van der Waals surface area contributed by atoms with Crippen molar-refractivity contribution >= 4 is 5.91 Å². The van der Waals surface area contributed by atoms with Crippen LogP contribution in [-0.4, -0.2) is 52.0 Å². The minimum absolute atomic E-state index is 0.0128. The van der Waals surface area contributed by atoms with Crippen molar-refractivity contribution in [2.24, 2.45) is 0 Å². The average molecular weight is 340 g/mol. The van der Waals surface area contributed by atoms with Gasteiger partial charge in [-0.05, 0) is 43.7 Å². The molecular weight excluding hydrogens is 316 g/mol. The monoisotopic (exact) mass is 340 g/mol. The summed E-state index contributed by atoms with van der Waals surface area (Å²) in [5.74, 6) is 0.495. The van der Waals surface area contributed by atoms with E-state index < -0.39 is 0 Å². The molecule has 1 aliphatic heterocycles. The number of aryl methyl sites for hydroxylation is 1. The number of nitrogens with zero attached hydrogens (tertiary/aromatic N) is 4. The van der Waals surface area contributed by atoms with Crippen LogP contribution in [0, 0.1) is 0 Å². The molecule has 2 aromatic rings. The van der Waals surface area contributed by atoms with Crippen molar-refractivity contribution in [2.75, 3.05) is 26.2 Å². The van der Waals surface area contributed by atoms with Gasteiger partial charge in [0.1, 0.15) is 0 Å². The number of hydrogen-bond donors (Lipinski definition) is 0. The lowest BCUT2D eigenvalue weighted by Crippen LogP contribution is -2.35. The lowest BCUT2D eigenvalue weighted by Gasteiger charge is -2.21. The zero-order valence-electron chi connectivity index (χ0n) is 14.5. The zero-order chi connectivity index (χ0) is 17.1. The van der Waals surface area contributed by atoms with Crippen LogP contribution in [0.5, 0.6) is 0 Å². The first-order chi connectivity index (χ1) is 12.3. The zero-order valence-corrected chi connectivity index (χ0v) is 14.5. The Morgan fingerprint density at radius 2 is 2.04 bits per heavy atom. The molecular formula is C19H24N4O2. The van der Waals surface area contributed by atoms with Gasteiger partial charge in [-0.1, -0.05) is 11.2 Å². The van der Waals surface area contributed by atoms with E-state index in [9.17, 15) is 4.79 Å². The van der Waals surface area contributed by atoms with Crippen LogP contribution in [0.15, 0.2) is 29.0 Å². The first-order valence-corrected chi connectivity index (χ1v) is 9.19. The molecule has 0 aromatic carbocycles. The number of carbonyl (C=O) groups is 1. The van der Waals surface area contributed by atoms with E-state index in [1.165, 1.54) is 5.56 Å². The number of pyridine rings is 1. The van der Waals surface area contributed by atoms with Crippen molar-refractivity contribution in [3.63, 3.8) is 0 Å². The van der Waals surface area contributed by atoms with Crippen molar-refractivity contribution in [1.29, 1.82) is 0 Å². The van der Waals surface area contributed by atoms with Crippen LogP contribution in [-0.2, 0) is 19.4 Å². The number of rotatable bonds is 3. The van der Waals surface area contributed by atoms with Crippen LogP contribution in [0.3, 0.4) is 0 Å². The van der Waals surface area contributed by atoms with E-state index in [0.717, 1.165) is 76.1 Å². The Kier molecular flexibility index (Phi) is 4.78. The van der Waals surface area contributed by atoms with Gasteiger partial charge in [-0.15, -0.1) is 0 Å². The molecule has 1 fully saturated rings. The second-order valence-corrected chi connectivity index (χ2v) is 6.93. The van der Waals surface area contributed by atoms with Crippen LogP contribution in [0.1, 0.15) is 46.6 Å². The van der Waals surface area contributed by atoms with Gasteiger partial charge in [0.25, 0.3) is 5.91 Å². The van der Waals surface area contributed by atoms with Gasteiger partial charge >= 0.3 is 0 Å². The number of fused-ring (bicyclic) bond motifs is 1. The molecule has 1 amide bonds. The molecule has 2 aliphatic rings. The highest BCUT2D eigenvalue weighted by Gasteiger charge is 2.28. The maximum atomic E-state index is 12.9. The molecule has 25 heavy (non-hydrogen) atoms.